The van der Waals surface area contributed by atoms with Crippen molar-refractivity contribution in [3.63, 3.8) is 0 Å². The predicted octanol–water partition coefficient (Wildman–Crippen LogP) is 14.8. The fourth-order valence-corrected chi connectivity index (χ4v) is 10.1. The molecule has 264 valence electrons. The molecule has 0 spiro atoms. The molecule has 7 aromatic rings. The Labute approximate surface area is 321 Å². The van der Waals surface area contributed by atoms with Crippen LogP contribution in [0.4, 0.5) is 17.1 Å². The highest BCUT2D eigenvalue weighted by Gasteiger charge is 2.38. The molecule has 0 aliphatic heterocycles. The van der Waals surface area contributed by atoms with Crippen LogP contribution >= 0.6 is 0 Å². The normalized spacial score (nSPS) is 16.1. The quantitative estimate of drug-likeness (QED) is 0.167. The van der Waals surface area contributed by atoms with Crippen molar-refractivity contribution < 1.29 is 0 Å². The Morgan fingerprint density at radius 3 is 1.74 bits per heavy atom. The molecule has 0 bridgehead atoms. The van der Waals surface area contributed by atoms with Crippen molar-refractivity contribution in [3.05, 3.63) is 186 Å². The molecule has 1 nitrogen and oxygen atoms in total. The number of nitrogens with zero attached hydrogens (tertiary/aromatic N) is 1. The Morgan fingerprint density at radius 1 is 0.407 bits per heavy atom. The fraction of sp³-hybridized carbons (Fsp3) is 0.208. The van der Waals surface area contributed by atoms with Crippen molar-refractivity contribution in [2.75, 3.05) is 4.90 Å². The van der Waals surface area contributed by atoms with Gasteiger partial charge in [0.05, 0.1) is 5.69 Å². The van der Waals surface area contributed by atoms with E-state index in [0.717, 1.165) is 0 Å². The van der Waals surface area contributed by atoms with Gasteiger partial charge in [-0.1, -0.05) is 156 Å². The highest BCUT2D eigenvalue weighted by atomic mass is 15.1. The van der Waals surface area contributed by atoms with Crippen LogP contribution in [-0.4, -0.2) is 0 Å². The predicted molar refractivity (Wildman–Crippen MR) is 228 cm³/mol. The molecule has 0 heterocycles. The van der Waals surface area contributed by atoms with Gasteiger partial charge in [0.2, 0.25) is 0 Å². The minimum atomic E-state index is -0.141. The summed E-state index contributed by atoms with van der Waals surface area (Å²) in [6.07, 6.45) is 5.30. The van der Waals surface area contributed by atoms with Crippen LogP contribution in [-0.2, 0) is 10.8 Å². The number of anilines is 3. The van der Waals surface area contributed by atoms with E-state index < -0.39 is 0 Å². The molecular weight excluding hydrogens is 651 g/mol. The van der Waals surface area contributed by atoms with Crippen LogP contribution in [0.2, 0.25) is 0 Å². The lowest BCUT2D eigenvalue weighted by Gasteiger charge is -2.30. The molecule has 1 heteroatoms. The number of benzene rings is 7. The van der Waals surface area contributed by atoms with Gasteiger partial charge in [-0.15, -0.1) is 0 Å². The topological polar surface area (TPSA) is 3.24 Å². The third-order valence-corrected chi connectivity index (χ3v) is 13.0. The second kappa shape index (κ2) is 12.5. The third kappa shape index (κ3) is 5.12. The zero-order chi connectivity index (χ0) is 36.6. The minimum Gasteiger partial charge on any atom is -0.310 e. The molecular formula is C53H47N. The zero-order valence-electron chi connectivity index (χ0n) is 31.9. The van der Waals surface area contributed by atoms with Gasteiger partial charge in [-0.05, 0) is 128 Å². The van der Waals surface area contributed by atoms with Crippen molar-refractivity contribution in [3.8, 4) is 44.5 Å². The maximum absolute atomic E-state index is 2.48. The van der Waals surface area contributed by atoms with Gasteiger partial charge in [0.1, 0.15) is 0 Å². The number of para-hydroxylation sites is 1. The summed E-state index contributed by atoms with van der Waals surface area (Å²) in [7, 11) is 0. The van der Waals surface area contributed by atoms with Crippen LogP contribution < -0.4 is 4.90 Å². The molecule has 7 aromatic carbocycles. The first-order chi connectivity index (χ1) is 26.3. The maximum atomic E-state index is 2.48. The summed E-state index contributed by atoms with van der Waals surface area (Å²) in [4.78, 5) is 2.48. The third-order valence-electron chi connectivity index (χ3n) is 13.0. The smallest absolute Gasteiger partial charge is 0.0540 e. The SMILES string of the molecule is CC1(C)c2ccccc2-c2ccc(-c3ccc4c(c3)-c3ccc(N(c5ccc(C6CCCC6)cc5)c5ccccc5-c5ccccc5)cc3C4(C)C)cc21. The van der Waals surface area contributed by atoms with Gasteiger partial charge in [0.25, 0.3) is 0 Å². The van der Waals surface area contributed by atoms with Gasteiger partial charge in [0.15, 0.2) is 0 Å². The largest absolute Gasteiger partial charge is 0.310 e. The molecule has 1 saturated carbocycles. The second-order valence-electron chi connectivity index (χ2n) is 16.8. The number of fused-ring (bicyclic) bond motifs is 6. The number of hydrogen-bond acceptors (Lipinski definition) is 1. The minimum absolute atomic E-state index is 0.0223. The molecule has 0 amide bonds. The summed E-state index contributed by atoms with van der Waals surface area (Å²) in [5.41, 5.74) is 20.9. The fourth-order valence-electron chi connectivity index (χ4n) is 10.1. The summed E-state index contributed by atoms with van der Waals surface area (Å²) in [5, 5.41) is 0. The molecule has 10 rings (SSSR count). The average molecular weight is 698 g/mol. The Kier molecular flexibility index (Phi) is 7.60. The van der Waals surface area contributed by atoms with Gasteiger partial charge < -0.3 is 4.90 Å². The highest BCUT2D eigenvalue weighted by Crippen LogP contribution is 2.53. The van der Waals surface area contributed by atoms with Gasteiger partial charge in [-0.2, -0.15) is 0 Å². The monoisotopic (exact) mass is 697 g/mol. The van der Waals surface area contributed by atoms with Gasteiger partial charge in [-0.25, -0.2) is 0 Å². The van der Waals surface area contributed by atoms with Crippen LogP contribution in [0.25, 0.3) is 44.5 Å². The summed E-state index contributed by atoms with van der Waals surface area (Å²) < 4.78 is 0. The van der Waals surface area contributed by atoms with Crippen molar-refractivity contribution in [1.29, 1.82) is 0 Å². The first-order valence-electron chi connectivity index (χ1n) is 19.9. The molecule has 0 aromatic heterocycles. The summed E-state index contributed by atoms with van der Waals surface area (Å²) in [6.45, 7) is 9.53. The standard InChI is InChI=1S/C53H47N/c1-52(2)47-20-12-10-19-43(47)44-29-24-39(33-49(44)52)38-25-31-48-46(32-38)45-30-28-41(34-50(45)53(48,3)4)54(40-26-22-36(23-27-40)35-14-8-9-15-35)51-21-13-11-18-42(51)37-16-6-5-7-17-37/h5-7,10-13,16-35H,8-9,14-15H2,1-4H3. The van der Waals surface area contributed by atoms with E-state index in [-0.39, 0.29) is 10.8 Å². The van der Waals surface area contributed by atoms with Gasteiger partial charge in [-0.3, -0.25) is 0 Å². The summed E-state index contributed by atoms with van der Waals surface area (Å²) >= 11 is 0. The number of rotatable bonds is 6. The lowest BCUT2D eigenvalue weighted by Crippen LogP contribution is -2.17. The first-order valence-corrected chi connectivity index (χ1v) is 19.9. The van der Waals surface area contributed by atoms with Gasteiger partial charge in [0, 0.05) is 27.8 Å². The van der Waals surface area contributed by atoms with E-state index in [1.54, 1.807) is 0 Å². The Morgan fingerprint density at radius 2 is 0.963 bits per heavy atom. The van der Waals surface area contributed by atoms with Crippen molar-refractivity contribution in [2.45, 2.75) is 70.1 Å². The van der Waals surface area contributed by atoms with E-state index in [0.29, 0.717) is 5.92 Å². The van der Waals surface area contributed by atoms with E-state index in [4.69, 9.17) is 0 Å². The Bertz CT molecular complexity index is 2550. The maximum Gasteiger partial charge on any atom is 0.0540 e. The van der Waals surface area contributed by atoms with Crippen molar-refractivity contribution in [1.82, 2.24) is 0 Å². The van der Waals surface area contributed by atoms with Crippen molar-refractivity contribution in [2.24, 2.45) is 0 Å². The van der Waals surface area contributed by atoms with E-state index in [1.165, 1.54) is 115 Å². The average Bonchev–Trinajstić information content (AvgIpc) is 3.89. The summed E-state index contributed by atoms with van der Waals surface area (Å²) in [6, 6.07) is 59.6. The van der Waals surface area contributed by atoms with Crippen LogP contribution in [0.3, 0.4) is 0 Å². The number of hydrogen-bond donors (Lipinski definition) is 0. The molecule has 3 aliphatic rings. The lowest BCUT2D eigenvalue weighted by molar-refractivity contribution is 0.660. The molecule has 1 fully saturated rings. The zero-order valence-corrected chi connectivity index (χ0v) is 31.9. The van der Waals surface area contributed by atoms with E-state index in [1.807, 2.05) is 0 Å². The Hall–Kier alpha value is -5.66. The van der Waals surface area contributed by atoms with Crippen LogP contribution in [0.1, 0.15) is 87.1 Å². The van der Waals surface area contributed by atoms with Crippen LogP contribution in [0.5, 0.6) is 0 Å². The molecule has 3 aliphatic carbocycles. The van der Waals surface area contributed by atoms with Crippen LogP contribution in [0.15, 0.2) is 158 Å². The highest BCUT2D eigenvalue weighted by molar-refractivity contribution is 5.92. The van der Waals surface area contributed by atoms with Crippen LogP contribution in [0, 0.1) is 0 Å². The second-order valence-corrected chi connectivity index (χ2v) is 16.8. The molecule has 0 radical (unpaired) electrons. The van der Waals surface area contributed by atoms with Gasteiger partial charge >= 0.3 is 0 Å². The molecule has 0 unspecified atom stereocenters. The summed E-state index contributed by atoms with van der Waals surface area (Å²) in [5.74, 6) is 0.688. The lowest BCUT2D eigenvalue weighted by atomic mass is 9.81. The molecule has 0 N–H and O–H groups in total. The van der Waals surface area contributed by atoms with E-state index in [2.05, 4.69) is 190 Å². The molecule has 0 saturated heterocycles. The van der Waals surface area contributed by atoms with E-state index in [9.17, 15) is 0 Å². The van der Waals surface area contributed by atoms with Crippen molar-refractivity contribution >= 4 is 17.1 Å². The Balaban J connectivity index is 1.08. The van der Waals surface area contributed by atoms with E-state index >= 15 is 0 Å². The first kappa shape index (κ1) is 32.9. The molecule has 54 heavy (non-hydrogen) atoms. The molecule has 0 atom stereocenters.